The first kappa shape index (κ1) is 19.5. The number of hydrogen-bond acceptors (Lipinski definition) is 2. The third kappa shape index (κ3) is 4.72. The second-order valence-electron chi connectivity index (χ2n) is 5.06. The Hall–Kier alpha value is -0.560. The minimum absolute atomic E-state index is 0. The van der Waals surface area contributed by atoms with Gasteiger partial charge in [0.05, 0.1) is 5.56 Å². The molecule has 1 aromatic rings. The zero-order chi connectivity index (χ0) is 15.5. The van der Waals surface area contributed by atoms with Crippen molar-refractivity contribution in [2.75, 3.05) is 26.2 Å². The Bertz CT molecular complexity index is 502. The van der Waals surface area contributed by atoms with Crippen LogP contribution in [0.2, 0.25) is 0 Å². The van der Waals surface area contributed by atoms with E-state index in [0.29, 0.717) is 16.5 Å². The average Bonchev–Trinajstić information content (AvgIpc) is 2.45. The molecule has 1 fully saturated rings. The number of nitrogens with zero attached hydrogens (tertiary/aromatic N) is 1. The summed E-state index contributed by atoms with van der Waals surface area (Å²) in [6.07, 6.45) is -1.93. The van der Waals surface area contributed by atoms with Crippen LogP contribution in [0.4, 0.5) is 13.2 Å². The van der Waals surface area contributed by atoms with Crippen LogP contribution in [0.5, 0.6) is 0 Å². The molecule has 0 amide bonds. The maximum Gasteiger partial charge on any atom is 0.416 e. The lowest BCUT2D eigenvalue weighted by Gasteiger charge is -2.35. The molecule has 22 heavy (non-hydrogen) atoms. The second-order valence-corrected chi connectivity index (χ2v) is 5.91. The second kappa shape index (κ2) is 8.34. The van der Waals surface area contributed by atoms with Crippen molar-refractivity contribution >= 4 is 28.3 Å². The van der Waals surface area contributed by atoms with Crippen LogP contribution >= 0.6 is 28.3 Å². The number of alkyl halides is 3. The summed E-state index contributed by atoms with van der Waals surface area (Å²) in [5.41, 5.74) is 0.0662. The highest BCUT2D eigenvalue weighted by molar-refractivity contribution is 9.10. The molecule has 0 spiro atoms. The minimum Gasteiger partial charge on any atom is -0.314 e. The molecule has 1 aromatic carbocycles. The first-order valence-corrected chi connectivity index (χ1v) is 7.65. The van der Waals surface area contributed by atoms with Gasteiger partial charge in [0.25, 0.3) is 0 Å². The molecule has 1 N–H and O–H groups in total. The summed E-state index contributed by atoms with van der Waals surface area (Å²) in [4.78, 5) is 2.21. The van der Waals surface area contributed by atoms with E-state index in [0.717, 1.165) is 32.2 Å². The summed E-state index contributed by atoms with van der Waals surface area (Å²) >= 11 is 3.39. The lowest BCUT2D eigenvalue weighted by atomic mass is 9.99. The first-order chi connectivity index (χ1) is 9.93. The maximum atomic E-state index is 12.9. The molecule has 2 rings (SSSR count). The molecule has 7 heteroatoms. The zero-order valence-corrected chi connectivity index (χ0v) is 14.4. The molecule has 0 aliphatic carbocycles. The Morgan fingerprint density at radius 3 is 2.50 bits per heavy atom. The van der Waals surface area contributed by atoms with Crippen molar-refractivity contribution in [3.63, 3.8) is 0 Å². The van der Waals surface area contributed by atoms with Crippen molar-refractivity contribution < 1.29 is 13.2 Å². The Labute approximate surface area is 143 Å². The van der Waals surface area contributed by atoms with Gasteiger partial charge in [-0.15, -0.1) is 19.0 Å². The van der Waals surface area contributed by atoms with Gasteiger partial charge >= 0.3 is 6.18 Å². The highest BCUT2D eigenvalue weighted by Crippen LogP contribution is 2.36. The summed E-state index contributed by atoms with van der Waals surface area (Å²) in [6.45, 7) is 7.09. The summed E-state index contributed by atoms with van der Waals surface area (Å²) in [6, 6.07) is 3.76. The van der Waals surface area contributed by atoms with Gasteiger partial charge in [0.1, 0.15) is 0 Å². The highest BCUT2D eigenvalue weighted by Gasteiger charge is 2.32. The zero-order valence-electron chi connectivity index (χ0n) is 12.0. The predicted molar refractivity (Wildman–Crippen MR) is 88.4 cm³/mol. The highest BCUT2D eigenvalue weighted by atomic mass is 79.9. The van der Waals surface area contributed by atoms with E-state index in [-0.39, 0.29) is 18.4 Å². The first-order valence-electron chi connectivity index (χ1n) is 6.86. The van der Waals surface area contributed by atoms with Gasteiger partial charge in [0, 0.05) is 36.7 Å². The molecule has 1 atom stereocenters. The summed E-state index contributed by atoms with van der Waals surface area (Å²) in [5, 5.41) is 3.25. The van der Waals surface area contributed by atoms with E-state index in [2.05, 4.69) is 32.7 Å². The Kier molecular flexibility index (Phi) is 7.38. The number of halogens is 5. The number of nitrogens with one attached hydrogen (secondary N) is 1. The van der Waals surface area contributed by atoms with E-state index in [1.165, 1.54) is 12.1 Å². The van der Waals surface area contributed by atoms with E-state index >= 15 is 0 Å². The Morgan fingerprint density at radius 1 is 1.32 bits per heavy atom. The van der Waals surface area contributed by atoms with Crippen LogP contribution in [-0.4, -0.2) is 31.1 Å². The Morgan fingerprint density at radius 2 is 1.95 bits per heavy atom. The van der Waals surface area contributed by atoms with Crippen LogP contribution in [0.3, 0.4) is 0 Å². The van der Waals surface area contributed by atoms with Gasteiger partial charge in [-0.2, -0.15) is 13.2 Å². The molecule has 1 aliphatic heterocycles. The number of hydrogen-bond donors (Lipinski definition) is 1. The maximum absolute atomic E-state index is 12.9. The number of benzene rings is 1. The van der Waals surface area contributed by atoms with Crippen LogP contribution in [0.25, 0.3) is 0 Å². The van der Waals surface area contributed by atoms with Gasteiger partial charge in [0.2, 0.25) is 0 Å². The van der Waals surface area contributed by atoms with Crippen molar-refractivity contribution in [3.05, 3.63) is 46.5 Å². The summed E-state index contributed by atoms with van der Waals surface area (Å²) < 4.78 is 39.5. The lowest BCUT2D eigenvalue weighted by molar-refractivity contribution is -0.137. The third-order valence-electron chi connectivity index (χ3n) is 3.66. The Balaban J connectivity index is 0.00000242. The molecular weight excluding hydrogens is 381 g/mol. The molecule has 124 valence electrons. The smallest absolute Gasteiger partial charge is 0.314 e. The molecular formula is C15H19BrClF3N2. The fraction of sp³-hybridized carbons (Fsp3) is 0.467. The normalized spacial score (nSPS) is 17.6. The number of rotatable bonds is 4. The van der Waals surface area contributed by atoms with Gasteiger partial charge in [-0.1, -0.05) is 22.0 Å². The molecule has 0 aromatic heterocycles. The molecule has 1 aliphatic rings. The molecule has 1 heterocycles. The lowest BCUT2D eigenvalue weighted by Crippen LogP contribution is -2.45. The molecule has 2 nitrogen and oxygen atoms in total. The standard InChI is InChI=1S/C15H18BrF3N2.ClH/c1-2-3-14(21-8-6-20-7-9-21)12-10-11(15(17,18)19)4-5-13(12)16;/h2,4-5,10,14,20H,1,3,6-9H2;1H/t14-;/m0./s1. The molecule has 0 bridgehead atoms. The third-order valence-corrected chi connectivity index (χ3v) is 4.39. The van der Waals surface area contributed by atoms with Crippen LogP contribution < -0.4 is 5.32 Å². The molecule has 0 saturated carbocycles. The van der Waals surface area contributed by atoms with Gasteiger partial charge in [-0.05, 0) is 30.2 Å². The SMILES string of the molecule is C=CC[C@@H](c1cc(C(F)(F)F)ccc1Br)N1CCNCC1.Cl. The molecule has 0 radical (unpaired) electrons. The summed E-state index contributed by atoms with van der Waals surface area (Å²) in [5.74, 6) is 0. The van der Waals surface area contributed by atoms with Crippen LogP contribution in [0.1, 0.15) is 23.6 Å². The minimum atomic E-state index is -4.32. The monoisotopic (exact) mass is 398 g/mol. The fourth-order valence-electron chi connectivity index (χ4n) is 2.60. The van der Waals surface area contributed by atoms with Crippen LogP contribution in [-0.2, 0) is 6.18 Å². The van der Waals surface area contributed by atoms with Gasteiger partial charge in [-0.3, -0.25) is 4.90 Å². The van der Waals surface area contributed by atoms with Crippen LogP contribution in [0, 0.1) is 0 Å². The number of piperazine rings is 1. The average molecular weight is 400 g/mol. The van der Waals surface area contributed by atoms with E-state index in [4.69, 9.17) is 0 Å². The van der Waals surface area contributed by atoms with Crippen molar-refractivity contribution in [2.24, 2.45) is 0 Å². The predicted octanol–water partition coefficient (Wildman–Crippen LogP) is 4.41. The van der Waals surface area contributed by atoms with Crippen molar-refractivity contribution in [2.45, 2.75) is 18.6 Å². The molecule has 1 saturated heterocycles. The van der Waals surface area contributed by atoms with Crippen LogP contribution in [0.15, 0.2) is 35.3 Å². The topological polar surface area (TPSA) is 15.3 Å². The van der Waals surface area contributed by atoms with Gasteiger partial charge in [0.15, 0.2) is 0 Å². The van der Waals surface area contributed by atoms with E-state index in [9.17, 15) is 13.2 Å². The fourth-order valence-corrected chi connectivity index (χ4v) is 3.11. The van der Waals surface area contributed by atoms with Gasteiger partial charge < -0.3 is 5.32 Å². The van der Waals surface area contributed by atoms with Crippen molar-refractivity contribution in [1.82, 2.24) is 10.2 Å². The van der Waals surface area contributed by atoms with Crippen molar-refractivity contribution in [3.8, 4) is 0 Å². The molecule has 0 unspecified atom stereocenters. The van der Waals surface area contributed by atoms with Crippen molar-refractivity contribution in [1.29, 1.82) is 0 Å². The van der Waals surface area contributed by atoms with E-state index in [1.54, 1.807) is 6.08 Å². The van der Waals surface area contributed by atoms with E-state index < -0.39 is 11.7 Å². The van der Waals surface area contributed by atoms with Gasteiger partial charge in [-0.25, -0.2) is 0 Å². The summed E-state index contributed by atoms with van der Waals surface area (Å²) in [7, 11) is 0. The van der Waals surface area contributed by atoms with E-state index in [1.807, 2.05) is 0 Å². The largest absolute Gasteiger partial charge is 0.416 e. The quantitative estimate of drug-likeness (QED) is 0.754.